The molecule has 3 aromatic rings. The Morgan fingerprint density at radius 1 is 0.909 bits per heavy atom. The highest BCUT2D eigenvalue weighted by Crippen LogP contribution is 2.36. The van der Waals surface area contributed by atoms with E-state index in [-0.39, 0.29) is 15.9 Å². The minimum absolute atomic E-state index is 0.0887. The lowest BCUT2D eigenvalue weighted by molar-refractivity contribution is 0.167. The number of methoxy groups -OCH3 is 2. The zero-order valence-electron chi connectivity index (χ0n) is 19.9. The van der Waals surface area contributed by atoms with Crippen LogP contribution in [0.25, 0.3) is 0 Å². The number of rotatable bonds is 10. The minimum atomic E-state index is -0.764. The fraction of sp³-hybridized carbons (Fsp3) is 0.346. The molecule has 0 bridgehead atoms. The van der Waals surface area contributed by atoms with Crippen molar-refractivity contribution in [3.63, 3.8) is 0 Å². The maximum Gasteiger partial charge on any atom is 0.157 e. The van der Waals surface area contributed by atoms with Gasteiger partial charge in [-0.05, 0) is 67.1 Å². The molecule has 2 aromatic carbocycles. The average molecular weight is 468 g/mol. The SMILES string of the molecule is C/C=S(\[C@@H](C)[C@H](O)c1ncc(C)cn1)N(Cc1ccc(OC)cc1)Cc1ccc(OC)cc1. The van der Waals surface area contributed by atoms with Gasteiger partial charge in [0.25, 0.3) is 0 Å². The third-order valence-electron chi connectivity index (χ3n) is 5.47. The van der Waals surface area contributed by atoms with Crippen molar-refractivity contribution < 1.29 is 14.6 Å². The monoisotopic (exact) mass is 467 g/mol. The standard InChI is InChI=1S/C26H33N3O3S/c1-6-33(20(3)25(30)26-27-15-19(2)16-28-26)29(17-21-7-11-23(31-4)12-8-21)18-22-9-13-24(32-5)14-10-22/h6-16,20,25,30H,17-18H2,1-5H3/t20-,25-,33?/m0/s1. The van der Waals surface area contributed by atoms with Gasteiger partial charge in [-0.3, -0.25) is 0 Å². The number of ether oxygens (including phenoxy) is 2. The predicted molar refractivity (Wildman–Crippen MR) is 136 cm³/mol. The van der Waals surface area contributed by atoms with E-state index in [1.54, 1.807) is 26.6 Å². The van der Waals surface area contributed by atoms with E-state index in [1.807, 2.05) is 31.2 Å². The number of aryl methyl sites for hydroxylation is 1. The molecule has 0 aliphatic heterocycles. The second-order valence-corrected chi connectivity index (χ2v) is 10.3. The van der Waals surface area contributed by atoms with E-state index in [9.17, 15) is 5.11 Å². The van der Waals surface area contributed by atoms with Gasteiger partial charge in [-0.15, -0.1) is 10.7 Å². The summed E-state index contributed by atoms with van der Waals surface area (Å²) in [5.41, 5.74) is 3.33. The van der Waals surface area contributed by atoms with Gasteiger partial charge in [0.05, 0.1) is 14.2 Å². The molecule has 0 fully saturated rings. The summed E-state index contributed by atoms with van der Waals surface area (Å²) < 4.78 is 13.0. The van der Waals surface area contributed by atoms with Crippen molar-refractivity contribution in [1.82, 2.24) is 14.3 Å². The van der Waals surface area contributed by atoms with Gasteiger partial charge in [-0.2, -0.15) is 0 Å². The quantitative estimate of drug-likeness (QED) is 0.426. The Morgan fingerprint density at radius 3 is 1.76 bits per heavy atom. The van der Waals surface area contributed by atoms with E-state index < -0.39 is 6.10 Å². The Bertz CT molecular complexity index is 988. The van der Waals surface area contributed by atoms with E-state index in [2.05, 4.69) is 57.8 Å². The fourth-order valence-electron chi connectivity index (χ4n) is 3.57. The molecule has 1 aromatic heterocycles. The average Bonchev–Trinajstić information content (AvgIpc) is 2.85. The van der Waals surface area contributed by atoms with Gasteiger partial charge in [0.1, 0.15) is 17.6 Å². The van der Waals surface area contributed by atoms with Crippen LogP contribution < -0.4 is 9.47 Å². The van der Waals surface area contributed by atoms with E-state index in [4.69, 9.17) is 9.47 Å². The number of aromatic nitrogens is 2. The van der Waals surface area contributed by atoms with Gasteiger partial charge in [-0.1, -0.05) is 24.3 Å². The predicted octanol–water partition coefficient (Wildman–Crippen LogP) is 4.93. The van der Waals surface area contributed by atoms with Crippen LogP contribution in [0.2, 0.25) is 0 Å². The van der Waals surface area contributed by atoms with Crippen molar-refractivity contribution in [3.05, 3.63) is 83.4 Å². The molecule has 0 amide bonds. The molecule has 176 valence electrons. The smallest absolute Gasteiger partial charge is 0.157 e. The molecular formula is C26H33N3O3S. The minimum Gasteiger partial charge on any atom is -0.497 e. The Kier molecular flexibility index (Phi) is 9.00. The first-order valence-electron chi connectivity index (χ1n) is 10.9. The Balaban J connectivity index is 1.88. The number of aliphatic hydroxyl groups is 1. The zero-order valence-corrected chi connectivity index (χ0v) is 20.7. The molecule has 0 radical (unpaired) electrons. The van der Waals surface area contributed by atoms with E-state index in [0.29, 0.717) is 5.82 Å². The van der Waals surface area contributed by atoms with Gasteiger partial charge in [0, 0.05) is 30.7 Å². The van der Waals surface area contributed by atoms with Crippen LogP contribution in [0.5, 0.6) is 11.5 Å². The van der Waals surface area contributed by atoms with Gasteiger partial charge in [0.15, 0.2) is 5.82 Å². The summed E-state index contributed by atoms with van der Waals surface area (Å²) in [6.07, 6.45) is 2.73. The molecule has 0 aliphatic carbocycles. The summed E-state index contributed by atoms with van der Waals surface area (Å²) in [6.45, 7) is 7.52. The normalized spacial score (nSPS) is 14.2. The maximum absolute atomic E-state index is 11.1. The van der Waals surface area contributed by atoms with Crippen LogP contribution in [0, 0.1) is 6.92 Å². The summed E-state index contributed by atoms with van der Waals surface area (Å²) in [5, 5.41) is 13.2. The first-order valence-corrected chi connectivity index (χ1v) is 12.2. The molecule has 0 aliphatic rings. The Hall–Kier alpha value is -2.74. The molecule has 33 heavy (non-hydrogen) atoms. The number of benzene rings is 2. The third kappa shape index (κ3) is 6.63. The molecule has 0 saturated heterocycles. The third-order valence-corrected chi connectivity index (χ3v) is 7.82. The highest BCUT2D eigenvalue weighted by Gasteiger charge is 2.25. The molecule has 1 heterocycles. The molecule has 0 spiro atoms. The summed E-state index contributed by atoms with van der Waals surface area (Å²) in [5.74, 6) is 2.13. The summed E-state index contributed by atoms with van der Waals surface area (Å²) in [7, 11) is 2.99. The molecule has 6 nitrogen and oxygen atoms in total. The van der Waals surface area contributed by atoms with E-state index in [0.717, 1.165) is 30.2 Å². The lowest BCUT2D eigenvalue weighted by Gasteiger charge is -2.32. The molecule has 3 atom stereocenters. The van der Waals surface area contributed by atoms with Crippen LogP contribution in [-0.2, 0) is 13.1 Å². The van der Waals surface area contributed by atoms with Crippen molar-refractivity contribution >= 4 is 16.0 Å². The molecule has 3 rings (SSSR count). The van der Waals surface area contributed by atoms with Crippen molar-refractivity contribution in [2.45, 2.75) is 45.2 Å². The first kappa shape index (κ1) is 24.9. The van der Waals surface area contributed by atoms with Crippen LogP contribution in [0.3, 0.4) is 0 Å². The lowest BCUT2D eigenvalue weighted by Crippen LogP contribution is -2.26. The molecule has 1 unspecified atom stereocenters. The molecule has 1 N–H and O–H groups in total. The van der Waals surface area contributed by atoms with Crippen molar-refractivity contribution in [3.8, 4) is 11.5 Å². The van der Waals surface area contributed by atoms with Crippen LogP contribution in [0.1, 0.15) is 42.5 Å². The van der Waals surface area contributed by atoms with E-state index >= 15 is 0 Å². The zero-order chi connectivity index (χ0) is 23.8. The van der Waals surface area contributed by atoms with Crippen LogP contribution >= 0.6 is 10.7 Å². The summed E-state index contributed by atoms with van der Waals surface area (Å²) in [4.78, 5) is 8.73. The number of hydrogen-bond donors (Lipinski definition) is 1. The fourth-order valence-corrected chi connectivity index (χ4v) is 5.75. The maximum atomic E-state index is 11.1. The number of hydrogen-bond acceptors (Lipinski definition) is 6. The van der Waals surface area contributed by atoms with Crippen LogP contribution in [-0.4, -0.2) is 44.2 Å². The lowest BCUT2D eigenvalue weighted by atomic mass is 10.2. The second-order valence-electron chi connectivity index (χ2n) is 7.85. The number of aliphatic hydroxyl groups excluding tert-OH is 1. The van der Waals surface area contributed by atoms with Crippen LogP contribution in [0.4, 0.5) is 0 Å². The largest absolute Gasteiger partial charge is 0.497 e. The second kappa shape index (κ2) is 11.9. The summed E-state index contributed by atoms with van der Waals surface area (Å²) >= 11 is 0. The van der Waals surface area contributed by atoms with Gasteiger partial charge in [-0.25, -0.2) is 14.3 Å². The highest BCUT2D eigenvalue weighted by atomic mass is 32.2. The Labute approximate surface area is 199 Å². The molecule has 7 heteroatoms. The van der Waals surface area contributed by atoms with Gasteiger partial charge >= 0.3 is 0 Å². The van der Waals surface area contributed by atoms with Crippen molar-refractivity contribution in [2.75, 3.05) is 14.2 Å². The van der Waals surface area contributed by atoms with E-state index in [1.165, 1.54) is 11.1 Å². The van der Waals surface area contributed by atoms with Crippen LogP contribution in [0.15, 0.2) is 60.9 Å². The van der Waals surface area contributed by atoms with Crippen molar-refractivity contribution in [1.29, 1.82) is 0 Å². The first-order chi connectivity index (χ1) is 15.9. The summed E-state index contributed by atoms with van der Waals surface area (Å²) in [6, 6.07) is 16.3. The van der Waals surface area contributed by atoms with Gasteiger partial charge < -0.3 is 14.6 Å². The topological polar surface area (TPSA) is 67.7 Å². The highest BCUT2D eigenvalue weighted by molar-refractivity contribution is 8.13. The molecule has 0 saturated carbocycles. The van der Waals surface area contributed by atoms with Gasteiger partial charge in [0.2, 0.25) is 0 Å². The Morgan fingerprint density at radius 2 is 1.36 bits per heavy atom. The molecular weight excluding hydrogens is 434 g/mol. The number of nitrogens with zero attached hydrogens (tertiary/aromatic N) is 3. The van der Waals surface area contributed by atoms with Crippen molar-refractivity contribution in [2.24, 2.45) is 0 Å².